The second-order valence-corrected chi connectivity index (χ2v) is 14.7. The minimum Gasteiger partial charge on any atom is -0.372 e. The van der Waals surface area contributed by atoms with Crippen LogP contribution < -0.4 is 4.90 Å². The lowest BCUT2D eigenvalue weighted by atomic mass is 10.0. The standard InChI is InChI=1S/C48H75N/c1-4-7-9-11-13-15-17-19-21-23-25-27-29-31-42-49(43-32-30-28-26-24-22-20-18-16-14-12-10-8-5-2)48-40-38-46(39-41-48)36-37-47-35-33-34-45(6-3)44-47/h3,33-35,38-41,44H,4-5,7-32,42-43H2,1-2H3. The predicted octanol–water partition coefficient (Wildman–Crippen LogP) is 14.8. The van der Waals surface area contributed by atoms with E-state index >= 15 is 0 Å². The second-order valence-electron chi connectivity index (χ2n) is 14.7. The van der Waals surface area contributed by atoms with E-state index in [-0.39, 0.29) is 0 Å². The molecule has 2 aromatic carbocycles. The molecule has 0 aliphatic carbocycles. The summed E-state index contributed by atoms with van der Waals surface area (Å²) in [6, 6.07) is 16.9. The first-order valence-corrected chi connectivity index (χ1v) is 21.2. The van der Waals surface area contributed by atoms with Gasteiger partial charge in [0.2, 0.25) is 0 Å². The highest BCUT2D eigenvalue weighted by Crippen LogP contribution is 2.20. The van der Waals surface area contributed by atoms with Crippen LogP contribution in [-0.2, 0) is 0 Å². The third-order valence-electron chi connectivity index (χ3n) is 10.2. The van der Waals surface area contributed by atoms with Crippen molar-refractivity contribution < 1.29 is 0 Å². The Kier molecular flexibility index (Phi) is 27.2. The first-order valence-electron chi connectivity index (χ1n) is 21.2. The maximum atomic E-state index is 5.57. The fourth-order valence-corrected chi connectivity index (χ4v) is 6.95. The van der Waals surface area contributed by atoms with E-state index in [9.17, 15) is 0 Å². The fourth-order valence-electron chi connectivity index (χ4n) is 6.95. The van der Waals surface area contributed by atoms with Crippen molar-refractivity contribution in [2.75, 3.05) is 18.0 Å². The van der Waals surface area contributed by atoms with Gasteiger partial charge in [-0.3, -0.25) is 0 Å². The van der Waals surface area contributed by atoms with Gasteiger partial charge < -0.3 is 4.90 Å². The molecule has 1 nitrogen and oxygen atoms in total. The summed E-state index contributed by atoms with van der Waals surface area (Å²) in [4.78, 5) is 2.65. The number of benzene rings is 2. The van der Waals surface area contributed by atoms with Crippen molar-refractivity contribution in [3.63, 3.8) is 0 Å². The number of nitrogens with zero attached hydrogens (tertiary/aromatic N) is 1. The monoisotopic (exact) mass is 666 g/mol. The molecule has 0 aliphatic heterocycles. The summed E-state index contributed by atoms with van der Waals surface area (Å²) in [5.74, 6) is 9.33. The van der Waals surface area contributed by atoms with Gasteiger partial charge in [0.25, 0.3) is 0 Å². The molecule has 0 heterocycles. The normalized spacial score (nSPS) is 10.9. The van der Waals surface area contributed by atoms with Crippen LogP contribution in [0.25, 0.3) is 0 Å². The van der Waals surface area contributed by atoms with E-state index in [1.165, 1.54) is 199 Å². The average Bonchev–Trinajstić information content (AvgIpc) is 3.13. The third kappa shape index (κ3) is 23.4. The lowest BCUT2D eigenvalue weighted by molar-refractivity contribution is 0.529. The largest absolute Gasteiger partial charge is 0.372 e. The summed E-state index contributed by atoms with van der Waals surface area (Å²) in [6.45, 7) is 6.94. The summed E-state index contributed by atoms with van der Waals surface area (Å²) in [7, 11) is 0. The predicted molar refractivity (Wildman–Crippen MR) is 220 cm³/mol. The Morgan fingerprint density at radius 3 is 1.14 bits per heavy atom. The highest BCUT2D eigenvalue weighted by atomic mass is 15.1. The molecule has 0 fully saturated rings. The molecule has 0 N–H and O–H groups in total. The molecule has 0 atom stereocenters. The summed E-state index contributed by atoms with van der Waals surface area (Å²) >= 11 is 0. The Labute approximate surface area is 305 Å². The summed E-state index contributed by atoms with van der Waals surface area (Å²) < 4.78 is 0. The van der Waals surface area contributed by atoms with Gasteiger partial charge >= 0.3 is 0 Å². The van der Waals surface area contributed by atoms with Crippen LogP contribution >= 0.6 is 0 Å². The van der Waals surface area contributed by atoms with Gasteiger partial charge in [0.05, 0.1) is 0 Å². The number of unbranched alkanes of at least 4 members (excludes halogenated alkanes) is 26. The molecule has 49 heavy (non-hydrogen) atoms. The molecule has 272 valence electrons. The summed E-state index contributed by atoms with van der Waals surface area (Å²) in [5.41, 5.74) is 4.26. The Balaban J connectivity index is 1.69. The number of anilines is 1. The van der Waals surface area contributed by atoms with Gasteiger partial charge in [-0.25, -0.2) is 0 Å². The van der Waals surface area contributed by atoms with Crippen LogP contribution in [-0.4, -0.2) is 13.1 Å². The van der Waals surface area contributed by atoms with Crippen LogP contribution in [0, 0.1) is 24.2 Å². The van der Waals surface area contributed by atoms with Crippen molar-refractivity contribution >= 4 is 5.69 Å². The van der Waals surface area contributed by atoms with Crippen LogP contribution in [0.15, 0.2) is 48.5 Å². The van der Waals surface area contributed by atoms with E-state index in [1.807, 2.05) is 24.3 Å². The average molecular weight is 666 g/mol. The van der Waals surface area contributed by atoms with Gasteiger partial charge in [-0.05, 0) is 55.3 Å². The van der Waals surface area contributed by atoms with Crippen LogP contribution in [0.3, 0.4) is 0 Å². The highest BCUT2D eigenvalue weighted by molar-refractivity contribution is 5.52. The maximum absolute atomic E-state index is 5.57. The number of hydrogen-bond donors (Lipinski definition) is 0. The lowest BCUT2D eigenvalue weighted by Crippen LogP contribution is -2.25. The molecule has 0 aliphatic rings. The van der Waals surface area contributed by atoms with E-state index in [2.05, 4.69) is 60.8 Å². The lowest BCUT2D eigenvalue weighted by Gasteiger charge is -2.25. The van der Waals surface area contributed by atoms with Gasteiger partial charge in [-0.2, -0.15) is 0 Å². The molecular weight excluding hydrogens is 591 g/mol. The van der Waals surface area contributed by atoms with Gasteiger partial charge in [0.15, 0.2) is 0 Å². The number of terminal acetylenes is 1. The van der Waals surface area contributed by atoms with E-state index in [0.29, 0.717) is 0 Å². The van der Waals surface area contributed by atoms with E-state index < -0.39 is 0 Å². The molecule has 0 spiro atoms. The molecule has 0 aromatic heterocycles. The molecule has 0 unspecified atom stereocenters. The third-order valence-corrected chi connectivity index (χ3v) is 10.2. The van der Waals surface area contributed by atoms with Crippen molar-refractivity contribution in [3.8, 4) is 24.2 Å². The van der Waals surface area contributed by atoms with Crippen molar-refractivity contribution in [1.82, 2.24) is 0 Å². The molecule has 2 aromatic rings. The molecule has 0 bridgehead atoms. The van der Waals surface area contributed by atoms with Crippen molar-refractivity contribution in [3.05, 3.63) is 65.2 Å². The van der Waals surface area contributed by atoms with Gasteiger partial charge in [-0.15, -0.1) is 6.42 Å². The Morgan fingerprint density at radius 2 is 0.755 bits per heavy atom. The Morgan fingerprint density at radius 1 is 0.408 bits per heavy atom. The first kappa shape index (κ1) is 42.5. The molecule has 1 heteroatoms. The van der Waals surface area contributed by atoms with E-state index in [0.717, 1.165) is 16.7 Å². The molecule has 0 saturated heterocycles. The first-order chi connectivity index (χ1) is 24.3. The van der Waals surface area contributed by atoms with Crippen molar-refractivity contribution in [1.29, 1.82) is 0 Å². The van der Waals surface area contributed by atoms with Crippen LogP contribution in [0.5, 0.6) is 0 Å². The minimum absolute atomic E-state index is 0.879. The van der Waals surface area contributed by atoms with Gasteiger partial charge in [-0.1, -0.05) is 205 Å². The Hall–Kier alpha value is -2.64. The zero-order chi connectivity index (χ0) is 34.9. The Bertz CT molecular complexity index is 1090. The highest BCUT2D eigenvalue weighted by Gasteiger charge is 2.07. The number of hydrogen-bond acceptors (Lipinski definition) is 1. The van der Waals surface area contributed by atoms with E-state index in [1.54, 1.807) is 0 Å². The number of rotatable bonds is 31. The van der Waals surface area contributed by atoms with Gasteiger partial charge in [0, 0.05) is 35.5 Å². The van der Waals surface area contributed by atoms with Crippen LogP contribution in [0.1, 0.15) is 210 Å². The molecular formula is C48H75N. The van der Waals surface area contributed by atoms with Crippen LogP contribution in [0.2, 0.25) is 0 Å². The topological polar surface area (TPSA) is 3.24 Å². The quantitative estimate of drug-likeness (QED) is 0.0572. The molecule has 0 amide bonds. The zero-order valence-corrected chi connectivity index (χ0v) is 32.4. The summed E-state index contributed by atoms with van der Waals surface area (Å²) in [6.07, 6.45) is 45.1. The van der Waals surface area contributed by atoms with E-state index in [4.69, 9.17) is 6.42 Å². The van der Waals surface area contributed by atoms with Crippen molar-refractivity contribution in [2.24, 2.45) is 0 Å². The fraction of sp³-hybridized carbons (Fsp3) is 0.667. The second kappa shape index (κ2) is 31.3. The maximum Gasteiger partial charge on any atom is 0.0367 e. The van der Waals surface area contributed by atoms with Gasteiger partial charge in [0.1, 0.15) is 0 Å². The molecule has 0 saturated carbocycles. The van der Waals surface area contributed by atoms with Crippen LogP contribution in [0.4, 0.5) is 5.69 Å². The smallest absolute Gasteiger partial charge is 0.0367 e. The minimum atomic E-state index is 0.879. The SMILES string of the molecule is C#Cc1cccc(C#Cc2ccc(N(CCCCCCCCCCCCCCCC)CCCCCCCCCCCCCCCC)cc2)c1. The van der Waals surface area contributed by atoms with Crippen molar-refractivity contribution in [2.45, 2.75) is 194 Å². The molecule has 0 radical (unpaired) electrons. The molecule has 2 rings (SSSR count). The zero-order valence-electron chi connectivity index (χ0n) is 32.4. The summed E-state index contributed by atoms with van der Waals surface area (Å²) in [5, 5.41) is 0.